The SMILES string of the molecule is Clc1ccc(-c2cc(Nc3ccc(Cc4ccccc4)cc3)n[nH]2)cc1. The molecular weight excluding hydrogens is 342 g/mol. The van der Waals surface area contributed by atoms with Gasteiger partial charge in [0.05, 0.1) is 5.69 Å². The number of hydrogen-bond donors (Lipinski definition) is 2. The van der Waals surface area contributed by atoms with Crippen molar-refractivity contribution >= 4 is 23.1 Å². The maximum absolute atomic E-state index is 5.94. The summed E-state index contributed by atoms with van der Waals surface area (Å²) in [5.74, 6) is 0.783. The summed E-state index contributed by atoms with van der Waals surface area (Å²) in [5, 5.41) is 11.4. The van der Waals surface area contributed by atoms with Crippen LogP contribution in [0.2, 0.25) is 5.02 Å². The molecule has 0 amide bonds. The van der Waals surface area contributed by atoms with Gasteiger partial charge in [0.1, 0.15) is 0 Å². The second-order valence-electron chi connectivity index (χ2n) is 6.16. The lowest BCUT2D eigenvalue weighted by molar-refractivity contribution is 1.10. The average Bonchev–Trinajstić information content (AvgIpc) is 3.13. The molecule has 0 spiro atoms. The summed E-state index contributed by atoms with van der Waals surface area (Å²) >= 11 is 5.94. The first-order valence-corrected chi connectivity index (χ1v) is 8.85. The Morgan fingerprint density at radius 2 is 1.50 bits per heavy atom. The molecule has 0 aliphatic carbocycles. The molecule has 0 aliphatic rings. The highest BCUT2D eigenvalue weighted by molar-refractivity contribution is 6.30. The molecule has 3 nitrogen and oxygen atoms in total. The van der Waals surface area contributed by atoms with Gasteiger partial charge >= 0.3 is 0 Å². The van der Waals surface area contributed by atoms with E-state index in [4.69, 9.17) is 11.6 Å². The normalized spacial score (nSPS) is 10.7. The van der Waals surface area contributed by atoms with Crippen molar-refractivity contribution in [3.05, 3.63) is 101 Å². The van der Waals surface area contributed by atoms with Gasteiger partial charge in [-0.3, -0.25) is 5.10 Å². The van der Waals surface area contributed by atoms with Gasteiger partial charge in [0.25, 0.3) is 0 Å². The van der Waals surface area contributed by atoms with Gasteiger partial charge in [0.15, 0.2) is 5.82 Å². The van der Waals surface area contributed by atoms with Crippen LogP contribution in [0.1, 0.15) is 11.1 Å². The highest BCUT2D eigenvalue weighted by atomic mass is 35.5. The minimum atomic E-state index is 0.724. The van der Waals surface area contributed by atoms with E-state index in [0.717, 1.165) is 34.2 Å². The summed E-state index contributed by atoms with van der Waals surface area (Å²) in [5.41, 5.74) is 5.60. The molecule has 4 rings (SSSR count). The number of rotatable bonds is 5. The van der Waals surface area contributed by atoms with Crippen LogP contribution in [0.4, 0.5) is 11.5 Å². The second kappa shape index (κ2) is 7.46. The first kappa shape index (κ1) is 16.4. The first-order chi connectivity index (χ1) is 12.8. The highest BCUT2D eigenvalue weighted by Gasteiger charge is 2.04. The first-order valence-electron chi connectivity index (χ1n) is 8.47. The molecule has 1 aromatic heterocycles. The number of nitrogens with zero attached hydrogens (tertiary/aromatic N) is 1. The number of hydrogen-bond acceptors (Lipinski definition) is 2. The third-order valence-electron chi connectivity index (χ3n) is 4.21. The van der Waals surface area contributed by atoms with E-state index >= 15 is 0 Å². The zero-order valence-corrected chi connectivity index (χ0v) is 14.9. The van der Waals surface area contributed by atoms with Crippen LogP contribution in [0.5, 0.6) is 0 Å². The van der Waals surface area contributed by atoms with Crippen molar-refractivity contribution in [2.75, 3.05) is 5.32 Å². The highest BCUT2D eigenvalue weighted by Crippen LogP contribution is 2.24. The molecule has 0 saturated carbocycles. The smallest absolute Gasteiger partial charge is 0.152 e. The largest absolute Gasteiger partial charge is 0.339 e. The van der Waals surface area contributed by atoms with Crippen LogP contribution in [0.25, 0.3) is 11.3 Å². The van der Waals surface area contributed by atoms with Crippen LogP contribution in [0.15, 0.2) is 84.9 Å². The Labute approximate surface area is 157 Å². The van der Waals surface area contributed by atoms with Crippen LogP contribution in [-0.4, -0.2) is 10.2 Å². The molecule has 0 saturated heterocycles. The lowest BCUT2D eigenvalue weighted by Gasteiger charge is -2.05. The number of H-pyrrole nitrogens is 1. The van der Waals surface area contributed by atoms with E-state index in [-0.39, 0.29) is 0 Å². The number of nitrogens with one attached hydrogen (secondary N) is 2. The molecule has 0 aliphatic heterocycles. The van der Waals surface area contributed by atoms with Crippen LogP contribution in [0, 0.1) is 0 Å². The van der Waals surface area contributed by atoms with E-state index in [1.165, 1.54) is 11.1 Å². The Hall–Kier alpha value is -3.04. The van der Waals surface area contributed by atoms with Gasteiger partial charge in [0, 0.05) is 16.8 Å². The summed E-state index contributed by atoms with van der Waals surface area (Å²) in [6.07, 6.45) is 0.935. The van der Waals surface area contributed by atoms with E-state index in [9.17, 15) is 0 Å². The van der Waals surface area contributed by atoms with Crippen molar-refractivity contribution in [1.82, 2.24) is 10.2 Å². The van der Waals surface area contributed by atoms with E-state index in [1.807, 2.05) is 36.4 Å². The predicted octanol–water partition coefficient (Wildman–Crippen LogP) is 6.06. The van der Waals surface area contributed by atoms with Crippen LogP contribution in [-0.2, 0) is 6.42 Å². The third kappa shape index (κ3) is 3.95. The fraction of sp³-hybridized carbons (Fsp3) is 0.0455. The van der Waals surface area contributed by atoms with Crippen molar-refractivity contribution in [1.29, 1.82) is 0 Å². The van der Waals surface area contributed by atoms with Crippen LogP contribution >= 0.6 is 11.6 Å². The number of aromatic amines is 1. The maximum Gasteiger partial charge on any atom is 0.152 e. The molecule has 0 radical (unpaired) electrons. The van der Waals surface area contributed by atoms with Gasteiger partial charge in [-0.2, -0.15) is 5.10 Å². The van der Waals surface area contributed by atoms with Crippen molar-refractivity contribution in [3.8, 4) is 11.3 Å². The molecule has 128 valence electrons. The average molecular weight is 360 g/mol. The Bertz CT molecular complexity index is 974. The lowest BCUT2D eigenvalue weighted by Crippen LogP contribution is -1.92. The number of benzene rings is 3. The van der Waals surface area contributed by atoms with E-state index in [1.54, 1.807) is 0 Å². The molecule has 3 aromatic carbocycles. The zero-order chi connectivity index (χ0) is 17.8. The summed E-state index contributed by atoms with van der Waals surface area (Å²) in [4.78, 5) is 0. The lowest BCUT2D eigenvalue weighted by atomic mass is 10.0. The van der Waals surface area contributed by atoms with Crippen molar-refractivity contribution in [2.24, 2.45) is 0 Å². The molecule has 0 fully saturated rings. The van der Waals surface area contributed by atoms with Gasteiger partial charge in [-0.25, -0.2) is 0 Å². The number of aromatic nitrogens is 2. The van der Waals surface area contributed by atoms with E-state index in [2.05, 4.69) is 64.0 Å². The Kier molecular flexibility index (Phi) is 4.71. The molecule has 4 heteroatoms. The molecule has 4 aromatic rings. The summed E-state index contributed by atoms with van der Waals surface area (Å²) in [6, 6.07) is 28.6. The van der Waals surface area contributed by atoms with Crippen LogP contribution in [0.3, 0.4) is 0 Å². The van der Waals surface area contributed by atoms with Crippen LogP contribution < -0.4 is 5.32 Å². The predicted molar refractivity (Wildman–Crippen MR) is 108 cm³/mol. The number of halogens is 1. The van der Waals surface area contributed by atoms with Gasteiger partial charge < -0.3 is 5.32 Å². The standard InChI is InChI=1S/C22H18ClN3/c23-19-10-8-18(9-11-19)21-15-22(26-25-21)24-20-12-6-17(7-13-20)14-16-4-2-1-3-5-16/h1-13,15H,14H2,(H2,24,25,26). The molecule has 0 bridgehead atoms. The third-order valence-corrected chi connectivity index (χ3v) is 4.46. The molecular formula is C22H18ClN3. The van der Waals surface area contributed by atoms with Gasteiger partial charge in [-0.1, -0.05) is 66.2 Å². The molecule has 1 heterocycles. The summed E-state index contributed by atoms with van der Waals surface area (Å²) in [6.45, 7) is 0. The molecule has 0 unspecified atom stereocenters. The van der Waals surface area contributed by atoms with E-state index in [0.29, 0.717) is 0 Å². The summed E-state index contributed by atoms with van der Waals surface area (Å²) < 4.78 is 0. The summed E-state index contributed by atoms with van der Waals surface area (Å²) in [7, 11) is 0. The minimum absolute atomic E-state index is 0.724. The monoisotopic (exact) mass is 359 g/mol. The van der Waals surface area contributed by atoms with Crippen molar-refractivity contribution < 1.29 is 0 Å². The van der Waals surface area contributed by atoms with Crippen molar-refractivity contribution in [2.45, 2.75) is 6.42 Å². The Morgan fingerprint density at radius 1 is 0.808 bits per heavy atom. The van der Waals surface area contributed by atoms with Gasteiger partial charge in [0.2, 0.25) is 0 Å². The van der Waals surface area contributed by atoms with Gasteiger partial charge in [-0.15, -0.1) is 0 Å². The van der Waals surface area contributed by atoms with Crippen molar-refractivity contribution in [3.63, 3.8) is 0 Å². The number of anilines is 2. The fourth-order valence-corrected chi connectivity index (χ4v) is 2.97. The Morgan fingerprint density at radius 3 is 2.23 bits per heavy atom. The molecule has 2 N–H and O–H groups in total. The van der Waals surface area contributed by atoms with Gasteiger partial charge in [-0.05, 0) is 47.4 Å². The minimum Gasteiger partial charge on any atom is -0.339 e. The fourth-order valence-electron chi connectivity index (χ4n) is 2.85. The molecule has 0 atom stereocenters. The molecule has 26 heavy (non-hydrogen) atoms. The topological polar surface area (TPSA) is 40.7 Å². The Balaban J connectivity index is 1.44. The maximum atomic E-state index is 5.94. The zero-order valence-electron chi connectivity index (χ0n) is 14.1. The second-order valence-corrected chi connectivity index (χ2v) is 6.59. The quantitative estimate of drug-likeness (QED) is 0.454. The van der Waals surface area contributed by atoms with E-state index < -0.39 is 0 Å².